The van der Waals surface area contributed by atoms with Crippen molar-refractivity contribution in [2.75, 3.05) is 0 Å². The van der Waals surface area contributed by atoms with E-state index in [0.717, 1.165) is 0 Å². The van der Waals surface area contributed by atoms with E-state index in [9.17, 15) is 9.90 Å². The first-order chi connectivity index (χ1) is 12.3. The van der Waals surface area contributed by atoms with Crippen LogP contribution >= 0.6 is 0 Å². The van der Waals surface area contributed by atoms with Gasteiger partial charge in [-0.2, -0.15) is 0 Å². The van der Waals surface area contributed by atoms with E-state index < -0.39 is 5.91 Å². The Balaban J connectivity index is 1.90. The number of carbonyl (C=O) groups excluding carboxylic acids is 1. The van der Waals surface area contributed by atoms with E-state index in [1.54, 1.807) is 48.8 Å². The van der Waals surface area contributed by atoms with Gasteiger partial charge >= 0.3 is 0 Å². The average Bonchev–Trinajstić information content (AvgIpc) is 2.68. The Hall–Kier alpha value is -3.74. The van der Waals surface area contributed by atoms with Crippen molar-refractivity contribution in [3.05, 3.63) is 66.7 Å². The lowest BCUT2D eigenvalue weighted by atomic mass is 10.1. The van der Waals surface area contributed by atoms with E-state index in [0.29, 0.717) is 27.4 Å². The molecule has 25 heavy (non-hydrogen) atoms. The molecule has 4 rings (SSSR count). The second-order valence-corrected chi connectivity index (χ2v) is 5.24. The maximum absolute atomic E-state index is 12.1. The molecule has 1 N–H and O–H groups in total. The molecule has 4 aromatic rings. The zero-order valence-electron chi connectivity index (χ0n) is 12.9. The monoisotopic (exact) mass is 329 g/mol. The highest BCUT2D eigenvalue weighted by Gasteiger charge is 2.15. The first kappa shape index (κ1) is 14.8. The number of nitrogens with zero attached hydrogens (tertiary/aromatic N) is 5. The third kappa shape index (κ3) is 2.57. The molecular weight excluding hydrogens is 318 g/mol. The zero-order chi connectivity index (χ0) is 17.2. The summed E-state index contributed by atoms with van der Waals surface area (Å²) in [6.07, 6.45) is 6.27. The summed E-state index contributed by atoms with van der Waals surface area (Å²) in [6.45, 7) is 0. The number of fused-ring (bicyclic) bond motifs is 3. The van der Waals surface area contributed by atoms with Crippen LogP contribution in [0.25, 0.3) is 21.8 Å². The number of rotatable bonds is 2. The molecule has 3 heterocycles. The van der Waals surface area contributed by atoms with Gasteiger partial charge in [-0.05, 0) is 36.4 Å². The third-order valence-corrected chi connectivity index (χ3v) is 3.74. The summed E-state index contributed by atoms with van der Waals surface area (Å²) in [5.74, 6) is -0.611. The van der Waals surface area contributed by atoms with Crippen LogP contribution in [0.2, 0.25) is 0 Å². The molecule has 0 unspecified atom stereocenters. The molecule has 0 aliphatic carbocycles. The summed E-state index contributed by atoms with van der Waals surface area (Å²) in [7, 11) is 0. The van der Waals surface area contributed by atoms with Crippen molar-refractivity contribution in [2.45, 2.75) is 0 Å². The highest BCUT2D eigenvalue weighted by molar-refractivity contribution is 6.12. The molecule has 120 valence electrons. The molecule has 7 heteroatoms. The van der Waals surface area contributed by atoms with Crippen LogP contribution in [0.4, 0.5) is 5.69 Å². The van der Waals surface area contributed by atoms with Gasteiger partial charge in [-0.3, -0.25) is 19.7 Å². The lowest BCUT2D eigenvalue weighted by Gasteiger charge is -2.07. The number of benzene rings is 1. The van der Waals surface area contributed by atoms with E-state index in [2.05, 4.69) is 25.2 Å². The van der Waals surface area contributed by atoms with Gasteiger partial charge in [-0.25, -0.2) is 0 Å². The fourth-order valence-electron chi connectivity index (χ4n) is 2.57. The van der Waals surface area contributed by atoms with Gasteiger partial charge in [-0.15, -0.1) is 10.2 Å². The van der Waals surface area contributed by atoms with Crippen LogP contribution in [-0.2, 0) is 0 Å². The molecule has 0 fully saturated rings. The van der Waals surface area contributed by atoms with E-state index in [-0.39, 0.29) is 11.4 Å². The van der Waals surface area contributed by atoms with Gasteiger partial charge in [0, 0.05) is 41.1 Å². The summed E-state index contributed by atoms with van der Waals surface area (Å²) in [4.78, 5) is 24.6. The van der Waals surface area contributed by atoms with Crippen LogP contribution in [0.1, 0.15) is 10.4 Å². The Kier molecular flexibility index (Phi) is 3.59. The quantitative estimate of drug-likeness (QED) is 0.445. The number of aromatic nitrogens is 3. The smallest absolute Gasteiger partial charge is 0.295 e. The maximum Gasteiger partial charge on any atom is 0.295 e. The van der Waals surface area contributed by atoms with Gasteiger partial charge in [-0.1, -0.05) is 0 Å². The summed E-state index contributed by atoms with van der Waals surface area (Å²) < 4.78 is 0. The largest absolute Gasteiger partial charge is 0.505 e. The minimum atomic E-state index is -0.523. The van der Waals surface area contributed by atoms with Gasteiger partial charge in [0.25, 0.3) is 5.91 Å². The number of carbonyl (C=O) groups is 1. The summed E-state index contributed by atoms with van der Waals surface area (Å²) in [5.41, 5.74) is 1.70. The topological polar surface area (TPSA) is 101 Å². The summed E-state index contributed by atoms with van der Waals surface area (Å²) >= 11 is 0. The average molecular weight is 329 g/mol. The molecule has 1 aromatic carbocycles. The molecule has 0 radical (unpaired) electrons. The summed E-state index contributed by atoms with van der Waals surface area (Å²) in [6, 6.07) is 9.99. The standard InChI is InChI=1S/C18H11N5O2/c24-17-13-4-2-8-21-15(13)14-12(3-1-7-20-14)16(17)22-23-18(25)11-5-9-19-10-6-11/h1-10,24H. The Labute approximate surface area is 141 Å². The van der Waals surface area contributed by atoms with Gasteiger partial charge in [0.1, 0.15) is 11.2 Å². The highest BCUT2D eigenvalue weighted by atomic mass is 16.3. The molecule has 3 aromatic heterocycles. The van der Waals surface area contributed by atoms with Crippen LogP contribution < -0.4 is 0 Å². The van der Waals surface area contributed by atoms with Crippen molar-refractivity contribution in [3.8, 4) is 5.75 Å². The van der Waals surface area contributed by atoms with E-state index in [4.69, 9.17) is 0 Å². The number of phenols is 1. The molecule has 0 aliphatic rings. The first-order valence-corrected chi connectivity index (χ1v) is 7.46. The highest BCUT2D eigenvalue weighted by Crippen LogP contribution is 2.41. The van der Waals surface area contributed by atoms with Crippen molar-refractivity contribution in [1.82, 2.24) is 15.0 Å². The number of amides is 1. The van der Waals surface area contributed by atoms with E-state index >= 15 is 0 Å². The maximum atomic E-state index is 12.1. The van der Waals surface area contributed by atoms with Gasteiger partial charge in [0.05, 0.1) is 5.52 Å². The van der Waals surface area contributed by atoms with Crippen molar-refractivity contribution >= 4 is 33.4 Å². The molecule has 7 nitrogen and oxygen atoms in total. The number of aromatic hydroxyl groups is 1. The van der Waals surface area contributed by atoms with Crippen LogP contribution in [0.5, 0.6) is 5.75 Å². The second kappa shape index (κ2) is 6.04. The van der Waals surface area contributed by atoms with Crippen LogP contribution in [0.3, 0.4) is 0 Å². The lowest BCUT2D eigenvalue weighted by molar-refractivity contribution is 0.0995. The number of azo groups is 1. The van der Waals surface area contributed by atoms with E-state index in [1.807, 2.05) is 0 Å². The van der Waals surface area contributed by atoms with E-state index in [1.165, 1.54) is 12.4 Å². The van der Waals surface area contributed by atoms with Crippen molar-refractivity contribution in [3.63, 3.8) is 0 Å². The van der Waals surface area contributed by atoms with Crippen LogP contribution in [0, 0.1) is 0 Å². The molecule has 0 atom stereocenters. The van der Waals surface area contributed by atoms with Crippen molar-refractivity contribution in [1.29, 1.82) is 0 Å². The molecule has 0 aliphatic heterocycles. The Morgan fingerprint density at radius 3 is 2.24 bits per heavy atom. The number of phenolic OH excluding ortho intramolecular Hbond substituents is 1. The molecule has 1 amide bonds. The minimum Gasteiger partial charge on any atom is -0.505 e. The molecule has 0 bridgehead atoms. The van der Waals surface area contributed by atoms with Gasteiger partial charge in [0.15, 0.2) is 5.75 Å². The predicted molar refractivity (Wildman–Crippen MR) is 91.8 cm³/mol. The van der Waals surface area contributed by atoms with Crippen LogP contribution in [-0.4, -0.2) is 26.0 Å². The first-order valence-electron chi connectivity index (χ1n) is 7.46. The normalized spacial score (nSPS) is 11.4. The number of pyridine rings is 3. The fourth-order valence-corrected chi connectivity index (χ4v) is 2.57. The SMILES string of the molecule is O=C(N=Nc1c(O)c2cccnc2c2ncccc12)c1ccncc1. The zero-order valence-corrected chi connectivity index (χ0v) is 12.9. The Morgan fingerprint density at radius 1 is 0.880 bits per heavy atom. The predicted octanol–water partition coefficient (Wildman–Crippen LogP) is 3.81. The minimum absolute atomic E-state index is 0.0881. The second-order valence-electron chi connectivity index (χ2n) is 5.24. The Morgan fingerprint density at radius 2 is 1.52 bits per heavy atom. The number of hydrogen-bond donors (Lipinski definition) is 1. The summed E-state index contributed by atoms with van der Waals surface area (Å²) in [5, 5.41) is 19.4. The van der Waals surface area contributed by atoms with Gasteiger partial charge in [0.2, 0.25) is 0 Å². The lowest BCUT2D eigenvalue weighted by Crippen LogP contribution is -1.93. The van der Waals surface area contributed by atoms with Gasteiger partial charge < -0.3 is 5.11 Å². The molecular formula is C18H11N5O2. The van der Waals surface area contributed by atoms with Crippen molar-refractivity contribution in [2.24, 2.45) is 10.2 Å². The van der Waals surface area contributed by atoms with Crippen molar-refractivity contribution < 1.29 is 9.90 Å². The fraction of sp³-hybridized carbons (Fsp3) is 0. The molecule has 0 saturated carbocycles. The Bertz CT molecular complexity index is 1130. The molecule has 0 saturated heterocycles. The van der Waals surface area contributed by atoms with Crippen LogP contribution in [0.15, 0.2) is 71.4 Å². The third-order valence-electron chi connectivity index (χ3n) is 3.74. The number of hydrogen-bond acceptors (Lipinski definition) is 6. The molecule has 0 spiro atoms.